The van der Waals surface area contributed by atoms with Crippen LogP contribution < -0.4 is 15.8 Å². The lowest BCUT2D eigenvalue weighted by molar-refractivity contribution is -0.120. The van der Waals surface area contributed by atoms with Crippen molar-refractivity contribution in [3.8, 4) is 0 Å². The predicted octanol–water partition coefficient (Wildman–Crippen LogP) is -0.508. The van der Waals surface area contributed by atoms with Gasteiger partial charge in [-0.15, -0.1) is 0 Å². The van der Waals surface area contributed by atoms with Crippen LogP contribution in [0.1, 0.15) is 11.1 Å². The summed E-state index contributed by atoms with van der Waals surface area (Å²) in [6.45, 7) is -0.342. The highest BCUT2D eigenvalue weighted by Crippen LogP contribution is 2.32. The lowest BCUT2D eigenvalue weighted by atomic mass is 9.86. The normalized spacial score (nSPS) is 17.8. The van der Waals surface area contributed by atoms with E-state index in [0.717, 1.165) is 12.1 Å². The zero-order chi connectivity index (χ0) is 16.3. The molecule has 1 fully saturated rings. The molecule has 0 aliphatic carbocycles. The Morgan fingerprint density at radius 3 is 2.59 bits per heavy atom. The Hall–Kier alpha value is -1.46. The van der Waals surface area contributed by atoms with Crippen LogP contribution >= 0.6 is 0 Å². The number of carbonyl (C=O) groups is 1. The largest absolute Gasteiger partial charge is 0.377 e. The summed E-state index contributed by atoms with van der Waals surface area (Å²) in [6.07, 6.45) is 0. The van der Waals surface area contributed by atoms with Crippen molar-refractivity contribution in [1.29, 1.82) is 0 Å². The Balaban J connectivity index is 2.25. The van der Waals surface area contributed by atoms with Crippen molar-refractivity contribution in [3.05, 3.63) is 34.9 Å². The van der Waals surface area contributed by atoms with Crippen LogP contribution in [0.25, 0.3) is 0 Å². The zero-order valence-electron chi connectivity index (χ0n) is 11.4. The molecule has 0 aromatic heterocycles. The standard InChI is InChI=1S/C12H15F2N3O4S/c13-9-2-8(10(14)1-7(9)3-17-22(19)20)12(5-21-6-12)16-4-11(15)18/h1-2,16-17H,3-6H2,(H2,15,18)(H,19,20). The molecule has 1 aromatic rings. The minimum absolute atomic E-state index is 0.0198. The lowest BCUT2D eigenvalue weighted by Crippen LogP contribution is -2.59. The van der Waals surface area contributed by atoms with Crippen molar-refractivity contribution in [2.24, 2.45) is 5.73 Å². The first-order valence-electron chi connectivity index (χ1n) is 6.28. The number of nitrogens with two attached hydrogens (primary N) is 1. The van der Waals surface area contributed by atoms with Gasteiger partial charge in [0.2, 0.25) is 17.2 Å². The first-order chi connectivity index (χ1) is 10.3. The first kappa shape index (κ1) is 16.9. The van der Waals surface area contributed by atoms with Gasteiger partial charge in [-0.3, -0.25) is 14.7 Å². The zero-order valence-corrected chi connectivity index (χ0v) is 12.2. The predicted molar refractivity (Wildman–Crippen MR) is 73.7 cm³/mol. The fourth-order valence-corrected chi connectivity index (χ4v) is 2.42. The number of nitrogens with one attached hydrogen (secondary N) is 2. The van der Waals surface area contributed by atoms with Crippen molar-refractivity contribution in [2.75, 3.05) is 19.8 Å². The number of rotatable bonds is 7. The molecule has 10 heteroatoms. The second kappa shape index (κ2) is 6.75. The van der Waals surface area contributed by atoms with Gasteiger partial charge in [0.1, 0.15) is 11.6 Å². The molecule has 1 aliphatic heterocycles. The molecule has 0 saturated carbocycles. The van der Waals surface area contributed by atoms with Gasteiger partial charge in [-0.2, -0.15) is 0 Å². The summed E-state index contributed by atoms with van der Waals surface area (Å²) in [7, 11) is 0. The Morgan fingerprint density at radius 1 is 1.41 bits per heavy atom. The SMILES string of the molecule is NC(=O)CNC1(c2cc(F)c(CNS(=O)O)cc2F)COC1. The number of primary amides is 1. The van der Waals surface area contributed by atoms with Crippen molar-refractivity contribution in [2.45, 2.75) is 12.1 Å². The summed E-state index contributed by atoms with van der Waals surface area (Å²) < 4.78 is 54.5. The summed E-state index contributed by atoms with van der Waals surface area (Å²) in [5.41, 5.74) is 3.97. The maximum absolute atomic E-state index is 14.3. The first-order valence-corrected chi connectivity index (χ1v) is 7.38. The van der Waals surface area contributed by atoms with Crippen LogP contribution in [0.15, 0.2) is 12.1 Å². The highest BCUT2D eigenvalue weighted by molar-refractivity contribution is 7.77. The van der Waals surface area contributed by atoms with Gasteiger partial charge in [0.25, 0.3) is 0 Å². The Bertz CT molecular complexity index is 610. The highest BCUT2D eigenvalue weighted by Gasteiger charge is 2.42. The van der Waals surface area contributed by atoms with Crippen LogP contribution in [0.5, 0.6) is 0 Å². The maximum atomic E-state index is 14.3. The van der Waals surface area contributed by atoms with Gasteiger partial charge in [-0.25, -0.2) is 17.7 Å². The van der Waals surface area contributed by atoms with E-state index in [1.54, 1.807) is 0 Å². The van der Waals surface area contributed by atoms with Crippen LogP contribution in [0.3, 0.4) is 0 Å². The van der Waals surface area contributed by atoms with Crippen LogP contribution in [0.2, 0.25) is 0 Å². The number of hydrogen-bond donors (Lipinski definition) is 4. The van der Waals surface area contributed by atoms with Crippen molar-refractivity contribution >= 4 is 17.2 Å². The molecule has 7 nitrogen and oxygen atoms in total. The molecule has 0 bridgehead atoms. The number of amides is 1. The summed E-state index contributed by atoms with van der Waals surface area (Å²) >= 11 is -2.32. The van der Waals surface area contributed by atoms with E-state index in [9.17, 15) is 17.8 Å². The Kier molecular flexibility index (Phi) is 5.19. The maximum Gasteiger partial charge on any atom is 0.232 e. The van der Waals surface area contributed by atoms with Crippen LogP contribution in [0.4, 0.5) is 8.78 Å². The molecule has 2 rings (SSSR count). The molecule has 0 spiro atoms. The summed E-state index contributed by atoms with van der Waals surface area (Å²) in [5.74, 6) is -2.07. The topological polar surface area (TPSA) is 114 Å². The molecule has 1 saturated heterocycles. The molecule has 1 amide bonds. The average molecular weight is 335 g/mol. The molecular weight excluding hydrogens is 320 g/mol. The van der Waals surface area contributed by atoms with Gasteiger partial charge in [0.05, 0.1) is 25.3 Å². The van der Waals surface area contributed by atoms with E-state index in [4.69, 9.17) is 15.0 Å². The van der Waals surface area contributed by atoms with Gasteiger partial charge < -0.3 is 10.5 Å². The molecular formula is C12H15F2N3O4S. The third-order valence-corrected chi connectivity index (χ3v) is 3.73. The minimum atomic E-state index is -2.32. The molecule has 1 unspecified atom stereocenters. The van der Waals surface area contributed by atoms with Gasteiger partial charge in [-0.05, 0) is 12.1 Å². The summed E-state index contributed by atoms with van der Waals surface area (Å²) in [5, 5.41) is 2.78. The van der Waals surface area contributed by atoms with Crippen molar-refractivity contribution < 1.29 is 27.1 Å². The number of ether oxygens (including phenoxy) is 1. The molecule has 122 valence electrons. The van der Waals surface area contributed by atoms with Gasteiger partial charge in [0.15, 0.2) is 0 Å². The summed E-state index contributed by atoms with van der Waals surface area (Å²) in [4.78, 5) is 10.9. The Morgan fingerprint density at radius 2 is 2.09 bits per heavy atom. The third kappa shape index (κ3) is 3.65. The fourth-order valence-electron chi connectivity index (χ4n) is 2.15. The number of benzene rings is 1. The van der Waals surface area contributed by atoms with E-state index in [2.05, 4.69) is 10.0 Å². The lowest BCUT2D eigenvalue weighted by Gasteiger charge is -2.42. The van der Waals surface area contributed by atoms with Gasteiger partial charge >= 0.3 is 0 Å². The number of carbonyl (C=O) groups excluding carboxylic acids is 1. The Labute approximate surface area is 127 Å². The van der Waals surface area contributed by atoms with Crippen LogP contribution in [0, 0.1) is 11.6 Å². The quantitative estimate of drug-likeness (QED) is 0.501. The molecule has 1 aromatic carbocycles. The highest BCUT2D eigenvalue weighted by atomic mass is 32.2. The second-order valence-electron chi connectivity index (χ2n) is 4.89. The van der Waals surface area contributed by atoms with E-state index in [0.29, 0.717) is 0 Å². The number of halogens is 2. The molecule has 1 aliphatic rings. The number of hydrogen-bond acceptors (Lipinski definition) is 4. The van der Waals surface area contributed by atoms with Crippen molar-refractivity contribution in [1.82, 2.24) is 10.0 Å². The molecule has 0 radical (unpaired) electrons. The van der Waals surface area contributed by atoms with E-state index in [-0.39, 0.29) is 37.4 Å². The van der Waals surface area contributed by atoms with E-state index in [1.165, 1.54) is 0 Å². The fraction of sp³-hybridized carbons (Fsp3) is 0.417. The molecule has 1 atom stereocenters. The van der Waals surface area contributed by atoms with Gasteiger partial charge in [0, 0.05) is 17.7 Å². The van der Waals surface area contributed by atoms with Crippen LogP contribution in [-0.2, 0) is 32.9 Å². The molecule has 5 N–H and O–H groups in total. The smallest absolute Gasteiger partial charge is 0.232 e. The van der Waals surface area contributed by atoms with E-state index < -0.39 is 34.3 Å². The van der Waals surface area contributed by atoms with E-state index in [1.807, 2.05) is 0 Å². The average Bonchev–Trinajstić information content (AvgIpc) is 2.38. The second-order valence-corrected chi connectivity index (χ2v) is 5.68. The van der Waals surface area contributed by atoms with Crippen molar-refractivity contribution in [3.63, 3.8) is 0 Å². The van der Waals surface area contributed by atoms with E-state index >= 15 is 0 Å². The van der Waals surface area contributed by atoms with Crippen LogP contribution in [-0.4, -0.2) is 34.4 Å². The molecule has 22 heavy (non-hydrogen) atoms. The monoisotopic (exact) mass is 335 g/mol. The third-order valence-electron chi connectivity index (χ3n) is 3.34. The minimum Gasteiger partial charge on any atom is -0.377 e. The van der Waals surface area contributed by atoms with Gasteiger partial charge in [-0.1, -0.05) is 0 Å². The summed E-state index contributed by atoms with van der Waals surface area (Å²) in [6, 6.07) is 1.93. The molecule has 1 heterocycles.